The maximum absolute atomic E-state index is 6.04. The summed E-state index contributed by atoms with van der Waals surface area (Å²) in [6, 6.07) is 9.49. The summed E-state index contributed by atoms with van der Waals surface area (Å²) in [5.74, 6) is 1.28. The average molecular weight is 268 g/mol. The molecule has 0 saturated heterocycles. The summed E-state index contributed by atoms with van der Waals surface area (Å²) < 4.78 is 5.36. The number of pyridine rings is 1. The van der Waals surface area contributed by atoms with Gasteiger partial charge in [-0.15, -0.1) is 0 Å². The van der Waals surface area contributed by atoms with Crippen molar-refractivity contribution < 1.29 is 4.52 Å². The van der Waals surface area contributed by atoms with E-state index in [1.165, 1.54) is 0 Å². The number of nitrogens with two attached hydrogens (primary N) is 1. The molecule has 2 N–H and O–H groups in total. The summed E-state index contributed by atoms with van der Waals surface area (Å²) in [6.07, 6.45) is 1.76. The minimum atomic E-state index is -0.222. The second-order valence-electron chi connectivity index (χ2n) is 5.10. The molecule has 1 aromatic carbocycles. The van der Waals surface area contributed by atoms with Gasteiger partial charge in [0.2, 0.25) is 0 Å². The fourth-order valence-electron chi connectivity index (χ4n) is 2.07. The zero-order valence-electron chi connectivity index (χ0n) is 11.4. The van der Waals surface area contributed by atoms with Crippen LogP contribution in [0.2, 0.25) is 0 Å². The van der Waals surface area contributed by atoms with E-state index >= 15 is 0 Å². The van der Waals surface area contributed by atoms with E-state index in [2.05, 4.69) is 15.1 Å². The zero-order chi connectivity index (χ0) is 14.1. The van der Waals surface area contributed by atoms with Gasteiger partial charge in [-0.2, -0.15) is 4.98 Å². The van der Waals surface area contributed by atoms with E-state index in [1.54, 1.807) is 6.20 Å². The first-order chi connectivity index (χ1) is 9.66. The van der Waals surface area contributed by atoms with Crippen molar-refractivity contribution in [2.75, 3.05) is 0 Å². The molecule has 0 bridgehead atoms. The van der Waals surface area contributed by atoms with Gasteiger partial charge < -0.3 is 10.3 Å². The maximum Gasteiger partial charge on any atom is 0.258 e. The Bertz CT molecular complexity index is 730. The highest BCUT2D eigenvalue weighted by molar-refractivity contribution is 5.92. The molecule has 3 aromatic rings. The van der Waals surface area contributed by atoms with Crippen molar-refractivity contribution in [3.63, 3.8) is 0 Å². The van der Waals surface area contributed by atoms with Crippen LogP contribution in [0.3, 0.4) is 0 Å². The molecule has 0 radical (unpaired) electrons. The molecule has 20 heavy (non-hydrogen) atoms. The number of benzene rings is 1. The fourth-order valence-corrected chi connectivity index (χ4v) is 2.07. The van der Waals surface area contributed by atoms with Gasteiger partial charge in [-0.25, -0.2) is 0 Å². The molecule has 5 heteroatoms. The molecule has 1 atom stereocenters. The lowest BCUT2D eigenvalue weighted by Crippen LogP contribution is -2.18. The van der Waals surface area contributed by atoms with Gasteiger partial charge in [0, 0.05) is 17.1 Å². The summed E-state index contributed by atoms with van der Waals surface area (Å²) in [4.78, 5) is 8.74. The Morgan fingerprint density at radius 2 is 2.00 bits per heavy atom. The molecule has 0 aliphatic heterocycles. The van der Waals surface area contributed by atoms with Crippen molar-refractivity contribution in [1.29, 1.82) is 0 Å². The van der Waals surface area contributed by atoms with E-state index in [0.717, 1.165) is 16.5 Å². The normalized spacial score (nSPS) is 13.0. The minimum Gasteiger partial charge on any atom is -0.334 e. The van der Waals surface area contributed by atoms with Crippen LogP contribution < -0.4 is 5.73 Å². The van der Waals surface area contributed by atoms with Gasteiger partial charge in [0.05, 0.1) is 11.6 Å². The molecule has 0 aliphatic rings. The molecule has 1 unspecified atom stereocenters. The van der Waals surface area contributed by atoms with Gasteiger partial charge >= 0.3 is 0 Å². The number of hydrogen-bond acceptors (Lipinski definition) is 5. The lowest BCUT2D eigenvalue weighted by molar-refractivity contribution is 0.400. The quantitative estimate of drug-likeness (QED) is 0.790. The van der Waals surface area contributed by atoms with Gasteiger partial charge in [0.15, 0.2) is 5.82 Å². The van der Waals surface area contributed by atoms with Crippen molar-refractivity contribution in [1.82, 2.24) is 15.1 Å². The Morgan fingerprint density at radius 1 is 1.15 bits per heavy atom. The van der Waals surface area contributed by atoms with Crippen molar-refractivity contribution in [3.05, 3.63) is 42.4 Å². The average Bonchev–Trinajstić information content (AvgIpc) is 2.95. The van der Waals surface area contributed by atoms with Crippen LogP contribution in [-0.2, 0) is 0 Å². The topological polar surface area (TPSA) is 77.8 Å². The predicted molar refractivity (Wildman–Crippen MR) is 76.8 cm³/mol. The molecule has 0 saturated carbocycles. The van der Waals surface area contributed by atoms with Crippen LogP contribution in [0.5, 0.6) is 0 Å². The molecular weight excluding hydrogens is 252 g/mol. The smallest absolute Gasteiger partial charge is 0.258 e. The molecule has 0 aliphatic carbocycles. The summed E-state index contributed by atoms with van der Waals surface area (Å²) in [7, 11) is 0. The third-order valence-electron chi connectivity index (χ3n) is 3.33. The molecular formula is C15H16N4O. The largest absolute Gasteiger partial charge is 0.334 e. The second-order valence-corrected chi connectivity index (χ2v) is 5.10. The predicted octanol–water partition coefficient (Wildman–Crippen LogP) is 2.94. The second kappa shape index (κ2) is 5.02. The Hall–Kier alpha value is -2.27. The summed E-state index contributed by atoms with van der Waals surface area (Å²) >= 11 is 0. The van der Waals surface area contributed by atoms with Gasteiger partial charge in [-0.3, -0.25) is 4.98 Å². The van der Waals surface area contributed by atoms with Crippen LogP contribution >= 0.6 is 0 Å². The van der Waals surface area contributed by atoms with E-state index in [-0.39, 0.29) is 12.0 Å². The molecule has 2 aromatic heterocycles. The lowest BCUT2D eigenvalue weighted by atomic mass is 10.1. The van der Waals surface area contributed by atoms with Gasteiger partial charge in [0.1, 0.15) is 0 Å². The van der Waals surface area contributed by atoms with Crippen LogP contribution in [0.1, 0.15) is 25.7 Å². The van der Waals surface area contributed by atoms with Gasteiger partial charge in [-0.05, 0) is 24.1 Å². The minimum absolute atomic E-state index is 0.222. The van der Waals surface area contributed by atoms with Crippen LogP contribution in [0.25, 0.3) is 22.4 Å². The Kier molecular flexibility index (Phi) is 3.20. The third kappa shape index (κ3) is 2.16. The Balaban J connectivity index is 2.08. The lowest BCUT2D eigenvalue weighted by Gasteiger charge is -2.09. The van der Waals surface area contributed by atoms with Crippen molar-refractivity contribution >= 4 is 10.9 Å². The molecule has 0 fully saturated rings. The number of hydrogen-bond donors (Lipinski definition) is 1. The summed E-state index contributed by atoms with van der Waals surface area (Å²) in [5.41, 5.74) is 7.83. The number of fused-ring (bicyclic) bond motifs is 1. The molecule has 5 nitrogen and oxygen atoms in total. The van der Waals surface area contributed by atoms with Crippen molar-refractivity contribution in [3.8, 4) is 11.5 Å². The van der Waals surface area contributed by atoms with Crippen molar-refractivity contribution in [2.45, 2.75) is 19.9 Å². The highest BCUT2D eigenvalue weighted by Gasteiger charge is 2.19. The van der Waals surface area contributed by atoms with Gasteiger partial charge in [0.25, 0.3) is 5.89 Å². The standard InChI is InChI=1S/C15H16N4O/c1-9(2)13(16)14-18-15(20-19-14)11-5-3-7-12-10(11)6-4-8-17-12/h3-9,13H,16H2,1-2H3. The SMILES string of the molecule is CC(C)C(N)c1noc(-c2cccc3ncccc23)n1. The maximum atomic E-state index is 6.04. The van der Waals surface area contributed by atoms with E-state index < -0.39 is 0 Å². The van der Waals surface area contributed by atoms with E-state index in [9.17, 15) is 0 Å². The molecule has 3 rings (SSSR count). The molecule has 102 valence electrons. The highest BCUT2D eigenvalue weighted by atomic mass is 16.5. The Morgan fingerprint density at radius 3 is 2.80 bits per heavy atom. The van der Waals surface area contributed by atoms with Crippen LogP contribution in [0.4, 0.5) is 0 Å². The molecule has 2 heterocycles. The molecule has 0 spiro atoms. The van der Waals surface area contributed by atoms with Crippen LogP contribution in [0.15, 0.2) is 41.1 Å². The summed E-state index contributed by atoms with van der Waals surface area (Å²) in [6.45, 7) is 4.06. The van der Waals surface area contributed by atoms with E-state index in [1.807, 2.05) is 44.2 Å². The van der Waals surface area contributed by atoms with Crippen molar-refractivity contribution in [2.24, 2.45) is 11.7 Å². The highest BCUT2D eigenvalue weighted by Crippen LogP contribution is 2.27. The van der Waals surface area contributed by atoms with E-state index in [0.29, 0.717) is 11.7 Å². The van der Waals surface area contributed by atoms with Gasteiger partial charge in [-0.1, -0.05) is 31.1 Å². The van der Waals surface area contributed by atoms with E-state index in [4.69, 9.17) is 10.3 Å². The third-order valence-corrected chi connectivity index (χ3v) is 3.33. The van der Waals surface area contributed by atoms with Crippen LogP contribution in [0, 0.1) is 5.92 Å². The molecule has 0 amide bonds. The Labute approximate surface area is 116 Å². The monoisotopic (exact) mass is 268 g/mol. The first kappa shape index (κ1) is 12.7. The first-order valence-electron chi connectivity index (χ1n) is 6.60. The first-order valence-corrected chi connectivity index (χ1v) is 6.60. The fraction of sp³-hybridized carbons (Fsp3) is 0.267. The van der Waals surface area contributed by atoms with Crippen LogP contribution in [-0.4, -0.2) is 15.1 Å². The summed E-state index contributed by atoms with van der Waals surface area (Å²) in [5, 5.41) is 4.98. The zero-order valence-corrected chi connectivity index (χ0v) is 11.4. The number of rotatable bonds is 3. The number of aromatic nitrogens is 3. The number of nitrogens with zero attached hydrogens (tertiary/aromatic N) is 3.